The first-order valence-corrected chi connectivity index (χ1v) is 6.81. The van der Waals surface area contributed by atoms with Gasteiger partial charge in [0.25, 0.3) is 0 Å². The Balaban J connectivity index is 1.94. The Bertz CT molecular complexity index is 547. The number of thiazole rings is 1. The molecule has 1 aliphatic carbocycles. The van der Waals surface area contributed by atoms with Crippen LogP contribution in [0.2, 0.25) is 0 Å². The van der Waals surface area contributed by atoms with E-state index in [4.69, 9.17) is 0 Å². The Labute approximate surface area is 109 Å². The highest BCUT2D eigenvalue weighted by Gasteiger charge is 2.44. The van der Waals surface area contributed by atoms with Crippen molar-refractivity contribution < 1.29 is 9.90 Å². The number of nitrogens with zero attached hydrogens (tertiary/aromatic N) is 1. The molecular formula is C14H13NO2S. The summed E-state index contributed by atoms with van der Waals surface area (Å²) in [5, 5.41) is 11.5. The van der Waals surface area contributed by atoms with Crippen molar-refractivity contribution in [1.29, 1.82) is 0 Å². The van der Waals surface area contributed by atoms with Crippen LogP contribution in [0.15, 0.2) is 35.2 Å². The number of aliphatic carboxylic acids is 1. The second-order valence-corrected chi connectivity index (χ2v) is 5.58. The first-order chi connectivity index (χ1) is 8.70. The Morgan fingerprint density at radius 1 is 1.33 bits per heavy atom. The van der Waals surface area contributed by atoms with Gasteiger partial charge in [-0.05, 0) is 24.0 Å². The quantitative estimate of drug-likeness (QED) is 0.921. The molecule has 18 heavy (non-hydrogen) atoms. The maximum atomic E-state index is 11.7. The van der Waals surface area contributed by atoms with E-state index in [9.17, 15) is 9.90 Å². The predicted molar refractivity (Wildman–Crippen MR) is 69.7 cm³/mol. The van der Waals surface area contributed by atoms with Crippen molar-refractivity contribution in [2.45, 2.75) is 19.3 Å². The highest BCUT2D eigenvalue weighted by atomic mass is 32.1. The summed E-state index contributed by atoms with van der Waals surface area (Å²) in [5.74, 6) is -0.716. The topological polar surface area (TPSA) is 50.2 Å². The number of carboxylic acids is 1. The van der Waals surface area contributed by atoms with Gasteiger partial charge in [0.05, 0.1) is 16.6 Å². The molecule has 92 valence electrons. The Hall–Kier alpha value is -1.68. The second-order valence-electron chi connectivity index (χ2n) is 4.86. The largest absolute Gasteiger partial charge is 0.481 e. The number of carbonyl (C=O) groups is 1. The molecule has 1 N–H and O–H groups in total. The van der Waals surface area contributed by atoms with Crippen molar-refractivity contribution in [1.82, 2.24) is 4.98 Å². The van der Waals surface area contributed by atoms with E-state index in [-0.39, 0.29) is 0 Å². The number of hydrogen-bond donors (Lipinski definition) is 1. The average molecular weight is 259 g/mol. The molecule has 0 saturated carbocycles. The first kappa shape index (κ1) is 11.4. The molecule has 0 aliphatic heterocycles. The monoisotopic (exact) mass is 259 g/mol. The third-order valence-corrected chi connectivity index (χ3v) is 4.27. The SMILES string of the molecule is O=C(O)C1(Cc2cscn2)Cc2ccccc2C1. The van der Waals surface area contributed by atoms with Crippen LogP contribution < -0.4 is 0 Å². The van der Waals surface area contributed by atoms with Crippen molar-refractivity contribution >= 4 is 17.3 Å². The number of hydrogen-bond acceptors (Lipinski definition) is 3. The molecule has 2 aromatic rings. The average Bonchev–Trinajstić information content (AvgIpc) is 2.96. The minimum absolute atomic E-state index is 0.514. The predicted octanol–water partition coefficient (Wildman–Crippen LogP) is 2.56. The van der Waals surface area contributed by atoms with Crippen LogP contribution in [0.25, 0.3) is 0 Å². The van der Waals surface area contributed by atoms with Gasteiger partial charge in [0.1, 0.15) is 0 Å². The molecule has 1 aliphatic rings. The Morgan fingerprint density at radius 3 is 2.50 bits per heavy atom. The van der Waals surface area contributed by atoms with Gasteiger partial charge in [-0.15, -0.1) is 11.3 Å². The lowest BCUT2D eigenvalue weighted by Gasteiger charge is -2.22. The van der Waals surface area contributed by atoms with Crippen molar-refractivity contribution in [2.24, 2.45) is 5.41 Å². The summed E-state index contributed by atoms with van der Waals surface area (Å²) in [6, 6.07) is 8.00. The third kappa shape index (κ3) is 1.82. The van der Waals surface area contributed by atoms with Crippen LogP contribution in [0.1, 0.15) is 16.8 Å². The molecular weight excluding hydrogens is 246 g/mol. The fourth-order valence-electron chi connectivity index (χ4n) is 2.72. The van der Waals surface area contributed by atoms with Crippen LogP contribution in [0.5, 0.6) is 0 Å². The lowest BCUT2D eigenvalue weighted by molar-refractivity contribution is -0.148. The molecule has 1 aromatic carbocycles. The van der Waals surface area contributed by atoms with Gasteiger partial charge >= 0.3 is 5.97 Å². The molecule has 0 saturated heterocycles. The molecule has 3 nitrogen and oxygen atoms in total. The zero-order valence-electron chi connectivity index (χ0n) is 9.80. The highest BCUT2D eigenvalue weighted by molar-refractivity contribution is 7.07. The maximum absolute atomic E-state index is 11.7. The second kappa shape index (κ2) is 4.21. The molecule has 0 atom stereocenters. The van der Waals surface area contributed by atoms with Gasteiger partial charge in [0.15, 0.2) is 0 Å². The molecule has 0 radical (unpaired) electrons. The van der Waals surface area contributed by atoms with E-state index in [0.29, 0.717) is 19.3 Å². The van der Waals surface area contributed by atoms with Crippen LogP contribution in [0, 0.1) is 5.41 Å². The van der Waals surface area contributed by atoms with E-state index in [0.717, 1.165) is 16.8 Å². The van der Waals surface area contributed by atoms with Crippen molar-refractivity contribution in [2.75, 3.05) is 0 Å². The lowest BCUT2D eigenvalue weighted by atomic mass is 9.80. The highest BCUT2D eigenvalue weighted by Crippen LogP contribution is 2.39. The summed E-state index contributed by atoms with van der Waals surface area (Å²) in [6.45, 7) is 0. The minimum Gasteiger partial charge on any atom is -0.481 e. The number of aromatic nitrogens is 1. The molecule has 0 unspecified atom stereocenters. The van der Waals surface area contributed by atoms with E-state index < -0.39 is 11.4 Å². The number of fused-ring (bicyclic) bond motifs is 1. The van der Waals surface area contributed by atoms with E-state index in [1.54, 1.807) is 5.51 Å². The van der Waals surface area contributed by atoms with Gasteiger partial charge in [0.2, 0.25) is 0 Å². The molecule has 0 spiro atoms. The zero-order chi connectivity index (χ0) is 12.6. The number of carboxylic acid groups (broad SMARTS) is 1. The molecule has 3 rings (SSSR count). The number of rotatable bonds is 3. The Kier molecular flexibility index (Phi) is 2.67. The molecule has 0 bridgehead atoms. The summed E-state index contributed by atoms with van der Waals surface area (Å²) in [7, 11) is 0. The Morgan fingerprint density at radius 2 is 2.00 bits per heavy atom. The molecule has 1 heterocycles. The fourth-order valence-corrected chi connectivity index (χ4v) is 3.28. The first-order valence-electron chi connectivity index (χ1n) is 5.87. The van der Waals surface area contributed by atoms with E-state index >= 15 is 0 Å². The van der Waals surface area contributed by atoms with Crippen LogP contribution in [-0.2, 0) is 24.1 Å². The van der Waals surface area contributed by atoms with Gasteiger partial charge < -0.3 is 5.11 Å². The van der Waals surface area contributed by atoms with Crippen LogP contribution in [0.3, 0.4) is 0 Å². The zero-order valence-corrected chi connectivity index (χ0v) is 10.6. The third-order valence-electron chi connectivity index (χ3n) is 3.63. The summed E-state index contributed by atoms with van der Waals surface area (Å²) >= 11 is 1.51. The summed E-state index contributed by atoms with van der Waals surface area (Å²) < 4.78 is 0. The molecule has 0 amide bonds. The van der Waals surface area contributed by atoms with Gasteiger partial charge in [-0.25, -0.2) is 4.98 Å². The molecule has 0 fully saturated rings. The number of benzene rings is 1. The fraction of sp³-hybridized carbons (Fsp3) is 0.286. The summed E-state index contributed by atoms with van der Waals surface area (Å²) in [4.78, 5) is 15.9. The van der Waals surface area contributed by atoms with Crippen molar-refractivity contribution in [3.8, 4) is 0 Å². The van der Waals surface area contributed by atoms with Gasteiger partial charge in [-0.2, -0.15) is 0 Å². The molecule has 4 heteroatoms. The van der Waals surface area contributed by atoms with Crippen molar-refractivity contribution in [3.63, 3.8) is 0 Å². The van der Waals surface area contributed by atoms with E-state index in [1.807, 2.05) is 29.6 Å². The normalized spacial score (nSPS) is 16.4. The van der Waals surface area contributed by atoms with E-state index in [1.165, 1.54) is 11.3 Å². The van der Waals surface area contributed by atoms with Gasteiger partial charge in [-0.1, -0.05) is 24.3 Å². The maximum Gasteiger partial charge on any atom is 0.310 e. The van der Waals surface area contributed by atoms with Crippen molar-refractivity contribution in [3.05, 3.63) is 52.0 Å². The van der Waals surface area contributed by atoms with E-state index in [2.05, 4.69) is 4.98 Å². The van der Waals surface area contributed by atoms with Crippen LogP contribution in [-0.4, -0.2) is 16.1 Å². The molecule has 1 aromatic heterocycles. The van der Waals surface area contributed by atoms with Crippen LogP contribution in [0.4, 0.5) is 0 Å². The smallest absolute Gasteiger partial charge is 0.310 e. The lowest BCUT2D eigenvalue weighted by Crippen LogP contribution is -2.34. The summed E-state index contributed by atoms with van der Waals surface area (Å²) in [5.41, 5.74) is 4.26. The standard InChI is InChI=1S/C14H13NO2S/c16-13(17)14(7-12-8-18-9-15-12)5-10-3-1-2-4-11(10)6-14/h1-4,8-9H,5-7H2,(H,16,17). The van der Waals surface area contributed by atoms with Gasteiger partial charge in [-0.3, -0.25) is 4.79 Å². The van der Waals surface area contributed by atoms with Crippen LogP contribution >= 0.6 is 11.3 Å². The minimum atomic E-state index is -0.716. The van der Waals surface area contributed by atoms with Gasteiger partial charge in [0, 0.05) is 11.8 Å². The summed E-state index contributed by atoms with van der Waals surface area (Å²) in [6.07, 6.45) is 1.73.